The normalized spacial score (nSPS) is 13.9. The highest BCUT2D eigenvalue weighted by Gasteiger charge is 2.38. The monoisotopic (exact) mass is 320 g/mol. The average molecular weight is 320 g/mol. The standard InChI is InChI=1S/C16H16O7/c1-7(18)4-9-13(19)12-11(15(21)14(9)20)10(22-2)5-8(6-17)16(12)23-3/h5,17,19H,4,6H2,1-3H3. The minimum Gasteiger partial charge on any atom is -0.507 e. The van der Waals surface area contributed by atoms with Crippen LogP contribution in [0.25, 0.3) is 5.76 Å². The summed E-state index contributed by atoms with van der Waals surface area (Å²) < 4.78 is 10.3. The van der Waals surface area contributed by atoms with Crippen molar-refractivity contribution in [2.45, 2.75) is 20.0 Å². The number of ketones is 3. The van der Waals surface area contributed by atoms with Crippen molar-refractivity contribution in [2.75, 3.05) is 14.2 Å². The number of fused-ring (bicyclic) bond motifs is 1. The van der Waals surface area contributed by atoms with Gasteiger partial charge in [-0.1, -0.05) is 0 Å². The molecule has 1 aliphatic rings. The number of aliphatic hydroxyl groups is 2. The first-order valence-electron chi connectivity index (χ1n) is 6.76. The predicted octanol–water partition coefficient (Wildman–Crippen LogP) is 1.21. The molecule has 2 rings (SSSR count). The summed E-state index contributed by atoms with van der Waals surface area (Å²) in [5.41, 5.74) is -0.197. The molecule has 7 nitrogen and oxygen atoms in total. The largest absolute Gasteiger partial charge is 0.507 e. The van der Waals surface area contributed by atoms with Crippen LogP contribution < -0.4 is 9.47 Å². The summed E-state index contributed by atoms with van der Waals surface area (Å²) in [6.45, 7) is 0.819. The lowest BCUT2D eigenvalue weighted by molar-refractivity contribution is -0.118. The van der Waals surface area contributed by atoms with E-state index in [2.05, 4.69) is 0 Å². The van der Waals surface area contributed by atoms with Crippen LogP contribution in [0.1, 0.15) is 34.8 Å². The van der Waals surface area contributed by atoms with E-state index in [1.165, 1.54) is 27.2 Å². The predicted molar refractivity (Wildman–Crippen MR) is 79.7 cm³/mol. The molecular formula is C16H16O7. The summed E-state index contributed by atoms with van der Waals surface area (Å²) in [4.78, 5) is 35.9. The number of aliphatic hydroxyl groups excluding tert-OH is 2. The fraction of sp³-hybridized carbons (Fsp3) is 0.312. The summed E-state index contributed by atoms with van der Waals surface area (Å²) in [7, 11) is 2.60. The number of benzene rings is 1. The van der Waals surface area contributed by atoms with Gasteiger partial charge in [-0.2, -0.15) is 0 Å². The lowest BCUT2D eigenvalue weighted by atomic mass is 9.84. The Labute approximate surface area is 132 Å². The molecule has 0 saturated carbocycles. The first kappa shape index (κ1) is 16.7. The van der Waals surface area contributed by atoms with Crippen molar-refractivity contribution in [3.05, 3.63) is 28.3 Å². The third-order valence-electron chi connectivity index (χ3n) is 3.57. The first-order chi connectivity index (χ1) is 10.9. The molecule has 122 valence electrons. The van der Waals surface area contributed by atoms with Crippen molar-refractivity contribution in [2.24, 2.45) is 0 Å². The van der Waals surface area contributed by atoms with E-state index in [4.69, 9.17) is 9.47 Å². The summed E-state index contributed by atoms with van der Waals surface area (Å²) in [5, 5.41) is 19.9. The van der Waals surface area contributed by atoms with E-state index >= 15 is 0 Å². The molecule has 1 aliphatic carbocycles. The van der Waals surface area contributed by atoms with Crippen LogP contribution in [0.5, 0.6) is 11.5 Å². The van der Waals surface area contributed by atoms with Crippen LogP contribution in [0.2, 0.25) is 0 Å². The van der Waals surface area contributed by atoms with E-state index in [1.807, 2.05) is 0 Å². The summed E-state index contributed by atoms with van der Waals surface area (Å²) in [6.07, 6.45) is -0.370. The fourth-order valence-electron chi connectivity index (χ4n) is 2.58. The number of carbonyl (C=O) groups excluding carboxylic acids is 3. The van der Waals surface area contributed by atoms with Crippen LogP contribution in [0.3, 0.4) is 0 Å². The molecule has 0 radical (unpaired) electrons. The number of Topliss-reactive ketones (excluding diaryl/α,β-unsaturated/α-hetero) is 3. The molecule has 0 atom stereocenters. The number of carbonyl (C=O) groups is 3. The fourth-order valence-corrected chi connectivity index (χ4v) is 2.58. The van der Waals surface area contributed by atoms with Gasteiger partial charge in [0.15, 0.2) is 0 Å². The molecule has 0 unspecified atom stereocenters. The molecule has 0 aromatic heterocycles. The van der Waals surface area contributed by atoms with Crippen molar-refractivity contribution < 1.29 is 34.1 Å². The highest BCUT2D eigenvalue weighted by molar-refractivity contribution is 6.53. The van der Waals surface area contributed by atoms with Crippen LogP contribution in [-0.4, -0.2) is 41.8 Å². The van der Waals surface area contributed by atoms with Gasteiger partial charge in [0.1, 0.15) is 23.0 Å². The Balaban J connectivity index is 2.89. The van der Waals surface area contributed by atoms with Crippen LogP contribution in [0.15, 0.2) is 11.6 Å². The molecule has 0 saturated heterocycles. The maximum atomic E-state index is 12.4. The van der Waals surface area contributed by atoms with Gasteiger partial charge in [-0.3, -0.25) is 14.4 Å². The van der Waals surface area contributed by atoms with Crippen LogP contribution in [-0.2, 0) is 16.2 Å². The number of ether oxygens (including phenoxy) is 2. The number of hydrogen-bond acceptors (Lipinski definition) is 7. The molecule has 0 fully saturated rings. The van der Waals surface area contributed by atoms with Gasteiger partial charge >= 0.3 is 0 Å². The van der Waals surface area contributed by atoms with Crippen molar-refractivity contribution in [3.8, 4) is 11.5 Å². The van der Waals surface area contributed by atoms with Crippen molar-refractivity contribution in [3.63, 3.8) is 0 Å². The van der Waals surface area contributed by atoms with Gasteiger partial charge in [-0.15, -0.1) is 0 Å². The first-order valence-corrected chi connectivity index (χ1v) is 6.76. The minimum absolute atomic E-state index is 0.0385. The van der Waals surface area contributed by atoms with E-state index in [1.54, 1.807) is 0 Å². The zero-order chi connectivity index (χ0) is 17.3. The Kier molecular flexibility index (Phi) is 4.51. The van der Waals surface area contributed by atoms with Gasteiger partial charge in [0.2, 0.25) is 11.6 Å². The third kappa shape index (κ3) is 2.59. The molecule has 2 N–H and O–H groups in total. The Hall–Kier alpha value is -2.67. The zero-order valence-electron chi connectivity index (χ0n) is 12.9. The Morgan fingerprint density at radius 1 is 1.13 bits per heavy atom. The molecule has 0 bridgehead atoms. The molecule has 7 heteroatoms. The molecule has 0 spiro atoms. The topological polar surface area (TPSA) is 110 Å². The van der Waals surface area contributed by atoms with Crippen molar-refractivity contribution >= 4 is 23.1 Å². The van der Waals surface area contributed by atoms with Gasteiger partial charge in [0.25, 0.3) is 0 Å². The number of hydrogen-bond donors (Lipinski definition) is 2. The molecule has 1 aromatic rings. The lowest BCUT2D eigenvalue weighted by Crippen LogP contribution is -2.26. The van der Waals surface area contributed by atoms with Gasteiger partial charge in [0, 0.05) is 12.0 Å². The maximum Gasteiger partial charge on any atom is 0.237 e. The molecule has 0 aliphatic heterocycles. The van der Waals surface area contributed by atoms with Crippen molar-refractivity contribution in [1.82, 2.24) is 0 Å². The molecular weight excluding hydrogens is 304 g/mol. The summed E-state index contributed by atoms with van der Waals surface area (Å²) >= 11 is 0. The Morgan fingerprint density at radius 3 is 2.26 bits per heavy atom. The minimum atomic E-state index is -0.956. The number of allylic oxidation sites excluding steroid dienone is 1. The van der Waals surface area contributed by atoms with E-state index in [9.17, 15) is 24.6 Å². The smallest absolute Gasteiger partial charge is 0.237 e. The molecule has 0 heterocycles. The Morgan fingerprint density at radius 2 is 1.78 bits per heavy atom. The molecule has 0 amide bonds. The number of methoxy groups -OCH3 is 2. The molecule has 1 aromatic carbocycles. The lowest BCUT2D eigenvalue weighted by Gasteiger charge is -2.23. The third-order valence-corrected chi connectivity index (χ3v) is 3.57. The van der Waals surface area contributed by atoms with Gasteiger partial charge in [-0.05, 0) is 13.0 Å². The van der Waals surface area contributed by atoms with E-state index < -0.39 is 23.9 Å². The van der Waals surface area contributed by atoms with E-state index in [-0.39, 0.29) is 46.0 Å². The Bertz CT molecular complexity index is 743. The quantitative estimate of drug-likeness (QED) is 0.784. The van der Waals surface area contributed by atoms with Crippen molar-refractivity contribution in [1.29, 1.82) is 0 Å². The SMILES string of the molecule is COc1cc(CO)c(OC)c2c1C(=O)C(=O)C(CC(C)=O)=C2O. The zero-order valence-corrected chi connectivity index (χ0v) is 12.9. The van der Waals surface area contributed by atoms with Gasteiger partial charge in [0.05, 0.1) is 37.5 Å². The number of rotatable bonds is 5. The summed E-state index contributed by atoms with van der Waals surface area (Å²) in [6, 6.07) is 1.37. The second-order valence-electron chi connectivity index (χ2n) is 5.04. The summed E-state index contributed by atoms with van der Waals surface area (Å²) in [5.74, 6) is -2.64. The highest BCUT2D eigenvalue weighted by atomic mass is 16.5. The molecule has 23 heavy (non-hydrogen) atoms. The second-order valence-corrected chi connectivity index (χ2v) is 5.04. The maximum absolute atomic E-state index is 12.4. The van der Waals surface area contributed by atoms with Crippen LogP contribution in [0, 0.1) is 0 Å². The van der Waals surface area contributed by atoms with Crippen LogP contribution in [0.4, 0.5) is 0 Å². The average Bonchev–Trinajstić information content (AvgIpc) is 2.54. The van der Waals surface area contributed by atoms with E-state index in [0.29, 0.717) is 0 Å². The second kappa shape index (κ2) is 6.21. The van der Waals surface area contributed by atoms with Gasteiger partial charge < -0.3 is 19.7 Å². The van der Waals surface area contributed by atoms with E-state index in [0.717, 1.165) is 0 Å². The van der Waals surface area contributed by atoms with Crippen LogP contribution >= 0.6 is 0 Å². The highest BCUT2D eigenvalue weighted by Crippen LogP contribution is 2.42. The van der Waals surface area contributed by atoms with Gasteiger partial charge in [-0.25, -0.2) is 0 Å².